The number of thioether (sulfide) groups is 1. The summed E-state index contributed by atoms with van der Waals surface area (Å²) in [6.07, 6.45) is 1.39. The molecule has 7 nitrogen and oxygen atoms in total. The monoisotopic (exact) mass is 475 g/mol. The number of aromatic nitrogens is 3. The molecule has 0 aliphatic carbocycles. The smallest absolute Gasteiger partial charge is 0.250 e. The third-order valence-corrected chi connectivity index (χ3v) is 5.58. The topological polar surface area (TPSA) is 81.4 Å². The highest BCUT2D eigenvalue weighted by Crippen LogP contribution is 2.28. The summed E-state index contributed by atoms with van der Waals surface area (Å²) < 4.78 is 20.7. The van der Waals surface area contributed by atoms with Crippen LogP contribution in [-0.4, -0.2) is 39.2 Å². The first-order valence-electron chi connectivity index (χ1n) is 10.6. The standard InChI is InChI=1S/C25H22FN5O2S/c1-2-33-22-13-11-21(12-14-22)31-24(19-8-4-3-5-9-19)29-30-25(31)34-17-23(32)28-27-16-18-7-6-10-20(26)15-18/h3-16H,2,17H2,1H3,(H,28,32)/b27-16+. The van der Waals surface area contributed by atoms with Gasteiger partial charge in [0.1, 0.15) is 11.6 Å². The van der Waals surface area contributed by atoms with Crippen LogP contribution in [0, 0.1) is 5.82 Å². The third kappa shape index (κ3) is 5.87. The summed E-state index contributed by atoms with van der Waals surface area (Å²) in [6, 6.07) is 23.3. The van der Waals surface area contributed by atoms with E-state index >= 15 is 0 Å². The van der Waals surface area contributed by atoms with E-state index in [-0.39, 0.29) is 17.5 Å². The van der Waals surface area contributed by atoms with Crippen molar-refractivity contribution >= 4 is 23.9 Å². The van der Waals surface area contributed by atoms with Gasteiger partial charge in [0.15, 0.2) is 11.0 Å². The number of amides is 1. The number of ether oxygens (including phenoxy) is 1. The second-order valence-corrected chi connectivity index (χ2v) is 8.01. The van der Waals surface area contributed by atoms with Gasteiger partial charge >= 0.3 is 0 Å². The summed E-state index contributed by atoms with van der Waals surface area (Å²) in [5.41, 5.74) is 4.75. The van der Waals surface area contributed by atoms with E-state index in [4.69, 9.17) is 4.74 Å². The fourth-order valence-corrected chi connectivity index (χ4v) is 3.90. The Labute approximate surface area is 200 Å². The van der Waals surface area contributed by atoms with Crippen LogP contribution in [0.25, 0.3) is 17.1 Å². The molecule has 0 unspecified atom stereocenters. The molecule has 0 aliphatic heterocycles. The Morgan fingerprint density at radius 3 is 2.62 bits per heavy atom. The maximum atomic E-state index is 13.2. The molecule has 0 radical (unpaired) electrons. The number of hydrogen-bond acceptors (Lipinski definition) is 6. The zero-order chi connectivity index (χ0) is 23.8. The van der Waals surface area contributed by atoms with Crippen molar-refractivity contribution in [2.45, 2.75) is 12.1 Å². The van der Waals surface area contributed by atoms with E-state index in [2.05, 4.69) is 20.7 Å². The maximum absolute atomic E-state index is 13.2. The number of benzene rings is 3. The average Bonchev–Trinajstić information content (AvgIpc) is 3.28. The number of nitrogens with zero attached hydrogens (tertiary/aromatic N) is 4. The van der Waals surface area contributed by atoms with Crippen molar-refractivity contribution in [3.63, 3.8) is 0 Å². The fraction of sp³-hybridized carbons (Fsp3) is 0.120. The highest BCUT2D eigenvalue weighted by molar-refractivity contribution is 7.99. The molecule has 1 heterocycles. The van der Waals surface area contributed by atoms with Gasteiger partial charge in [0.25, 0.3) is 5.91 Å². The molecule has 1 N–H and O–H groups in total. The molecule has 0 aliphatic rings. The van der Waals surface area contributed by atoms with Crippen LogP contribution in [-0.2, 0) is 4.79 Å². The molecule has 34 heavy (non-hydrogen) atoms. The quantitative estimate of drug-likeness (QED) is 0.215. The number of carbonyl (C=O) groups is 1. The van der Waals surface area contributed by atoms with Gasteiger partial charge < -0.3 is 4.74 Å². The maximum Gasteiger partial charge on any atom is 0.250 e. The van der Waals surface area contributed by atoms with Crippen LogP contribution in [0.2, 0.25) is 0 Å². The lowest BCUT2D eigenvalue weighted by atomic mass is 10.2. The minimum atomic E-state index is -0.367. The zero-order valence-electron chi connectivity index (χ0n) is 18.4. The zero-order valence-corrected chi connectivity index (χ0v) is 19.2. The SMILES string of the molecule is CCOc1ccc(-n2c(SCC(=O)N/N=C/c3cccc(F)c3)nnc2-c2ccccc2)cc1. The van der Waals surface area contributed by atoms with Gasteiger partial charge in [0, 0.05) is 11.3 Å². The first-order chi connectivity index (χ1) is 16.6. The van der Waals surface area contributed by atoms with E-state index in [9.17, 15) is 9.18 Å². The van der Waals surface area contributed by atoms with Gasteiger partial charge in [0.05, 0.1) is 18.6 Å². The largest absolute Gasteiger partial charge is 0.494 e. The van der Waals surface area contributed by atoms with E-state index in [1.807, 2.05) is 66.1 Å². The summed E-state index contributed by atoms with van der Waals surface area (Å²) in [5, 5.41) is 13.2. The van der Waals surface area contributed by atoms with Crippen molar-refractivity contribution in [2.75, 3.05) is 12.4 Å². The highest BCUT2D eigenvalue weighted by atomic mass is 32.2. The molecule has 0 fully saturated rings. The molecule has 0 spiro atoms. The van der Waals surface area contributed by atoms with Crippen LogP contribution in [0.3, 0.4) is 0 Å². The van der Waals surface area contributed by atoms with Crippen LogP contribution in [0.4, 0.5) is 4.39 Å². The minimum absolute atomic E-state index is 0.0739. The molecule has 0 atom stereocenters. The molecular formula is C25H22FN5O2S. The van der Waals surface area contributed by atoms with E-state index in [0.29, 0.717) is 23.2 Å². The Morgan fingerprint density at radius 1 is 1.09 bits per heavy atom. The summed E-state index contributed by atoms with van der Waals surface area (Å²) in [4.78, 5) is 12.3. The molecule has 172 valence electrons. The number of hydrogen-bond donors (Lipinski definition) is 1. The Balaban J connectivity index is 1.51. The molecular weight excluding hydrogens is 453 g/mol. The molecule has 0 saturated carbocycles. The van der Waals surface area contributed by atoms with Gasteiger partial charge in [-0.3, -0.25) is 9.36 Å². The van der Waals surface area contributed by atoms with Crippen molar-refractivity contribution < 1.29 is 13.9 Å². The number of nitrogens with one attached hydrogen (secondary N) is 1. The van der Waals surface area contributed by atoms with Gasteiger partial charge in [-0.05, 0) is 48.9 Å². The Bertz CT molecular complexity index is 1280. The van der Waals surface area contributed by atoms with Crippen LogP contribution in [0.1, 0.15) is 12.5 Å². The van der Waals surface area contributed by atoms with Crippen molar-refractivity contribution in [3.8, 4) is 22.8 Å². The fourth-order valence-electron chi connectivity index (χ4n) is 3.16. The number of hydrazone groups is 1. The second-order valence-electron chi connectivity index (χ2n) is 7.07. The summed E-state index contributed by atoms with van der Waals surface area (Å²) in [5.74, 6) is 0.820. The van der Waals surface area contributed by atoms with Crippen molar-refractivity contribution in [2.24, 2.45) is 5.10 Å². The number of halogens is 1. The predicted molar refractivity (Wildman–Crippen MR) is 131 cm³/mol. The minimum Gasteiger partial charge on any atom is -0.494 e. The lowest BCUT2D eigenvalue weighted by Gasteiger charge is -2.11. The van der Waals surface area contributed by atoms with Crippen molar-refractivity contribution in [1.82, 2.24) is 20.2 Å². The van der Waals surface area contributed by atoms with Crippen LogP contribution < -0.4 is 10.2 Å². The van der Waals surface area contributed by atoms with Gasteiger partial charge in [-0.15, -0.1) is 10.2 Å². The summed E-state index contributed by atoms with van der Waals surface area (Å²) >= 11 is 1.24. The lowest BCUT2D eigenvalue weighted by molar-refractivity contribution is -0.118. The molecule has 4 rings (SSSR count). The second kappa shape index (κ2) is 11.2. The molecule has 1 amide bonds. The number of rotatable bonds is 9. The third-order valence-electron chi connectivity index (χ3n) is 4.66. The van der Waals surface area contributed by atoms with E-state index in [1.165, 1.54) is 30.1 Å². The van der Waals surface area contributed by atoms with Gasteiger partial charge in [-0.2, -0.15) is 5.10 Å². The molecule has 3 aromatic carbocycles. The normalized spacial score (nSPS) is 11.0. The predicted octanol–water partition coefficient (Wildman–Crippen LogP) is 4.71. The molecule has 4 aromatic rings. The summed E-state index contributed by atoms with van der Waals surface area (Å²) in [6.45, 7) is 2.52. The average molecular weight is 476 g/mol. The Morgan fingerprint density at radius 2 is 1.88 bits per heavy atom. The van der Waals surface area contributed by atoms with Crippen molar-refractivity contribution in [1.29, 1.82) is 0 Å². The van der Waals surface area contributed by atoms with Gasteiger partial charge in [-0.25, -0.2) is 9.82 Å². The van der Waals surface area contributed by atoms with Crippen LogP contribution in [0.5, 0.6) is 5.75 Å². The lowest BCUT2D eigenvalue weighted by Crippen LogP contribution is -2.20. The van der Waals surface area contributed by atoms with E-state index < -0.39 is 0 Å². The molecule has 9 heteroatoms. The van der Waals surface area contributed by atoms with Crippen molar-refractivity contribution in [3.05, 3.63) is 90.2 Å². The first kappa shape index (κ1) is 23.2. The Kier molecular flexibility index (Phi) is 7.67. The number of carbonyl (C=O) groups excluding carboxylic acids is 1. The summed E-state index contributed by atoms with van der Waals surface area (Å²) in [7, 11) is 0. The van der Waals surface area contributed by atoms with Crippen LogP contribution in [0.15, 0.2) is 89.1 Å². The van der Waals surface area contributed by atoms with Crippen LogP contribution >= 0.6 is 11.8 Å². The Hall–Kier alpha value is -3.98. The van der Waals surface area contributed by atoms with Gasteiger partial charge in [-0.1, -0.05) is 54.2 Å². The first-order valence-corrected chi connectivity index (χ1v) is 11.6. The molecule has 0 bridgehead atoms. The molecule has 1 aromatic heterocycles. The molecule has 0 saturated heterocycles. The highest BCUT2D eigenvalue weighted by Gasteiger charge is 2.17. The van der Waals surface area contributed by atoms with Gasteiger partial charge in [0.2, 0.25) is 0 Å². The van der Waals surface area contributed by atoms with E-state index in [1.54, 1.807) is 12.1 Å². The van der Waals surface area contributed by atoms with E-state index in [0.717, 1.165) is 17.0 Å².